The smallest absolute Gasteiger partial charge is 0.870 e. The number of hydrogen-bond donors (Lipinski definition) is 0. The van der Waals surface area contributed by atoms with Gasteiger partial charge in [-0.15, -0.1) is 0 Å². The summed E-state index contributed by atoms with van der Waals surface area (Å²) in [4.78, 5) is 0. The summed E-state index contributed by atoms with van der Waals surface area (Å²) >= 11 is 0. The molecule has 4 N–H and O–H groups in total. The molecule has 4 nitrogen and oxygen atoms in total. The average molecular weight is 267 g/mol. The van der Waals surface area contributed by atoms with E-state index in [1.54, 1.807) is 0 Å². The summed E-state index contributed by atoms with van der Waals surface area (Å²) in [6.07, 6.45) is 0. The molecule has 0 saturated heterocycles. The van der Waals surface area contributed by atoms with Crippen molar-refractivity contribution in [3.05, 3.63) is 0 Å². The van der Waals surface area contributed by atoms with Crippen LogP contribution in [0.15, 0.2) is 0 Å². The molecule has 7 heavy (non-hydrogen) atoms. The predicted octanol–water partition coefficient (Wildman–Crippen LogP) is -1.09. The molecule has 7 heteroatoms. The fourth-order valence-corrected chi connectivity index (χ4v) is 0. The van der Waals surface area contributed by atoms with Gasteiger partial charge in [0.1, 0.15) is 0 Å². The van der Waals surface area contributed by atoms with Gasteiger partial charge < -0.3 is 21.9 Å². The van der Waals surface area contributed by atoms with E-state index in [0.717, 1.165) is 0 Å². The van der Waals surface area contributed by atoms with Crippen LogP contribution >= 0.6 is 0 Å². The van der Waals surface area contributed by atoms with Gasteiger partial charge in [0, 0.05) is 21.7 Å². The van der Waals surface area contributed by atoms with E-state index < -0.39 is 0 Å². The van der Waals surface area contributed by atoms with Gasteiger partial charge in [-0.1, -0.05) is 0 Å². The summed E-state index contributed by atoms with van der Waals surface area (Å²) in [6.45, 7) is 0. The Labute approximate surface area is 104 Å². The molecule has 0 spiro atoms. The van der Waals surface area contributed by atoms with Gasteiger partial charge in [0.2, 0.25) is 0 Å². The van der Waals surface area contributed by atoms with Gasteiger partial charge in [0.25, 0.3) is 0 Å². The maximum Gasteiger partial charge on any atom is 2.00 e. The van der Waals surface area contributed by atoms with Gasteiger partial charge in [0.05, 0.1) is 0 Å². The topological polar surface area (TPSA) is 120 Å². The van der Waals surface area contributed by atoms with Crippen molar-refractivity contribution in [1.82, 2.24) is 0 Å². The van der Waals surface area contributed by atoms with Gasteiger partial charge in [-0.2, -0.15) is 0 Å². The van der Waals surface area contributed by atoms with Gasteiger partial charge in [-0.25, -0.2) is 0 Å². The van der Waals surface area contributed by atoms with Crippen LogP contribution in [0.1, 0.15) is 0 Å². The molecule has 0 unspecified atom stereocenters. The summed E-state index contributed by atoms with van der Waals surface area (Å²) in [7, 11) is 0. The maximum absolute atomic E-state index is 0. The van der Waals surface area contributed by atoms with E-state index in [9.17, 15) is 0 Å². The van der Waals surface area contributed by atoms with Gasteiger partial charge >= 0.3 is 62.6 Å². The fraction of sp³-hybridized carbons (Fsp3) is 0. The zero-order chi connectivity index (χ0) is 0. The Morgan fingerprint density at radius 2 is 0.571 bits per heavy atom. The minimum Gasteiger partial charge on any atom is -0.870 e. The third-order valence-corrected chi connectivity index (χ3v) is 0. The normalized spacial score (nSPS) is 0. The standard InChI is InChI=1S/Cu.4H2O.Sr.Ti/h;4*1H2;;/q+2;;;;;+2;/p-4. The van der Waals surface area contributed by atoms with Crippen molar-refractivity contribution in [3.8, 4) is 0 Å². The van der Waals surface area contributed by atoms with Gasteiger partial charge in [-0.3, -0.25) is 0 Å². The summed E-state index contributed by atoms with van der Waals surface area (Å²) in [5, 5.41) is 0. The zero-order valence-electron chi connectivity index (χ0n) is 3.30. The van der Waals surface area contributed by atoms with E-state index >= 15 is 0 Å². The minimum atomic E-state index is 0. The van der Waals surface area contributed by atoms with Gasteiger partial charge in [-0.05, 0) is 0 Å². The monoisotopic (exact) mass is 267 g/mol. The molecule has 0 fully saturated rings. The Kier molecular flexibility index (Phi) is 1150. The Morgan fingerprint density at radius 1 is 0.571 bits per heavy atom. The van der Waals surface area contributed by atoms with Crippen molar-refractivity contribution in [3.63, 3.8) is 0 Å². The van der Waals surface area contributed by atoms with Crippen LogP contribution < -0.4 is 0 Å². The third-order valence-electron chi connectivity index (χ3n) is 0. The van der Waals surface area contributed by atoms with E-state index in [1.165, 1.54) is 0 Å². The van der Waals surface area contributed by atoms with Crippen LogP contribution in [0.3, 0.4) is 0 Å². The van der Waals surface area contributed by atoms with Crippen molar-refractivity contribution >= 4 is 45.5 Å². The molecule has 0 aliphatic heterocycles. The van der Waals surface area contributed by atoms with E-state index in [-0.39, 0.29) is 106 Å². The largest absolute Gasteiger partial charge is 2.00 e. The Hall–Kier alpha value is 2.55. The molecule has 0 aromatic carbocycles. The van der Waals surface area contributed by atoms with Crippen molar-refractivity contribution in [2.45, 2.75) is 0 Å². The third kappa shape index (κ3) is 56.3. The van der Waals surface area contributed by atoms with Crippen LogP contribution in [0, 0.1) is 0 Å². The first-order valence-corrected chi connectivity index (χ1v) is 0. The van der Waals surface area contributed by atoms with E-state index in [4.69, 9.17) is 0 Å². The second-order valence-electron chi connectivity index (χ2n) is 0. The predicted molar refractivity (Wildman–Crippen MR) is 13.5 cm³/mol. The van der Waals surface area contributed by atoms with Crippen molar-refractivity contribution < 1.29 is 60.7 Å². The molecule has 0 aliphatic carbocycles. The van der Waals surface area contributed by atoms with Crippen molar-refractivity contribution in [1.29, 1.82) is 0 Å². The second kappa shape index (κ2) is 74.8. The average Bonchev–Trinajstić information content (AvgIpc) is 0. The Bertz CT molecular complexity index is 11.7. The van der Waals surface area contributed by atoms with E-state index in [2.05, 4.69) is 0 Å². The summed E-state index contributed by atoms with van der Waals surface area (Å²) in [5.41, 5.74) is 0. The van der Waals surface area contributed by atoms with Crippen LogP contribution in [0.2, 0.25) is 0 Å². The van der Waals surface area contributed by atoms with Crippen LogP contribution in [-0.2, 0) is 38.8 Å². The number of rotatable bonds is 0. The molecule has 1 radical (unpaired) electrons. The van der Waals surface area contributed by atoms with Crippen LogP contribution in [0.25, 0.3) is 0 Å². The summed E-state index contributed by atoms with van der Waals surface area (Å²) in [5.74, 6) is 0. The van der Waals surface area contributed by atoms with Crippen LogP contribution in [0.5, 0.6) is 0 Å². The van der Waals surface area contributed by atoms with E-state index in [1.807, 2.05) is 0 Å². The number of hydrogen-bond acceptors (Lipinski definition) is 4. The second-order valence-corrected chi connectivity index (χ2v) is 0. The SMILES string of the molecule is [Cu+2].[OH-].[OH-].[OH-].[OH-].[Sr+2].[Ti]. The molecular formula is H4CuO4SrTi. The zero-order valence-corrected chi connectivity index (χ0v) is 9.28. The molecular weight excluding hydrogens is 263 g/mol. The first-order valence-electron chi connectivity index (χ1n) is 0. The maximum atomic E-state index is 0. The van der Waals surface area contributed by atoms with Crippen LogP contribution in [0.4, 0.5) is 0 Å². The quantitative estimate of drug-likeness (QED) is 0.517. The minimum absolute atomic E-state index is 0. The fourth-order valence-electron chi connectivity index (χ4n) is 0. The summed E-state index contributed by atoms with van der Waals surface area (Å²) in [6, 6.07) is 0. The van der Waals surface area contributed by atoms with Crippen LogP contribution in [-0.4, -0.2) is 67.4 Å². The Balaban J connectivity index is 0. The molecule has 0 aromatic heterocycles. The first kappa shape index (κ1) is 107. The van der Waals surface area contributed by atoms with Crippen molar-refractivity contribution in [2.24, 2.45) is 0 Å². The molecule has 0 heterocycles. The molecule has 0 amide bonds. The van der Waals surface area contributed by atoms with Gasteiger partial charge in [0.15, 0.2) is 0 Å². The molecule has 0 aliphatic rings. The van der Waals surface area contributed by atoms with Crippen molar-refractivity contribution in [2.75, 3.05) is 0 Å². The van der Waals surface area contributed by atoms with E-state index in [0.29, 0.717) is 0 Å². The first-order chi connectivity index (χ1) is 0. The molecule has 45 valence electrons. The summed E-state index contributed by atoms with van der Waals surface area (Å²) < 4.78 is 0. The molecule has 0 bridgehead atoms. The Morgan fingerprint density at radius 3 is 0.571 bits per heavy atom. The molecule has 0 rings (SSSR count). The molecule has 0 atom stereocenters. The molecule has 0 saturated carbocycles. The molecule has 0 aromatic rings.